The lowest BCUT2D eigenvalue weighted by Crippen LogP contribution is -2.16. The smallest absolute Gasteiger partial charge is 0.161 e. The highest BCUT2D eigenvalue weighted by Gasteiger charge is 2.05. The maximum atomic E-state index is 9.61. The fourth-order valence-corrected chi connectivity index (χ4v) is 2.73. The molecule has 0 radical (unpaired) electrons. The lowest BCUT2D eigenvalue weighted by molar-refractivity contribution is 0.398. The largest absolute Gasteiger partial charge is 0.504 e. The number of benzene rings is 1. The van der Waals surface area contributed by atoms with Crippen molar-refractivity contribution in [3.63, 3.8) is 0 Å². The van der Waals surface area contributed by atoms with Crippen molar-refractivity contribution in [1.82, 2.24) is 5.32 Å². The molecule has 5 heteroatoms. The van der Waals surface area contributed by atoms with Crippen LogP contribution in [0.4, 0.5) is 0 Å². The van der Waals surface area contributed by atoms with Crippen LogP contribution in [0.3, 0.4) is 0 Å². The molecule has 0 spiro atoms. The van der Waals surface area contributed by atoms with Gasteiger partial charge < -0.3 is 15.5 Å². The first-order valence-corrected chi connectivity index (χ1v) is 6.81. The van der Waals surface area contributed by atoms with E-state index < -0.39 is 0 Å². The van der Waals surface area contributed by atoms with Crippen LogP contribution in [0, 0.1) is 0 Å². The van der Waals surface area contributed by atoms with E-state index in [4.69, 9.17) is 11.6 Å². The third-order valence-corrected chi connectivity index (χ3v) is 3.88. The number of hydrogen-bond donors (Lipinski definition) is 3. The third-order valence-electron chi connectivity index (χ3n) is 2.59. The van der Waals surface area contributed by atoms with Crippen LogP contribution in [-0.2, 0) is 13.0 Å². The van der Waals surface area contributed by atoms with Crippen molar-refractivity contribution in [2.45, 2.75) is 13.0 Å². The fraction of sp³-hybridized carbons (Fsp3) is 0.231. The summed E-state index contributed by atoms with van der Waals surface area (Å²) in [5, 5.41) is 22.2. The zero-order valence-electron chi connectivity index (χ0n) is 9.69. The molecular weight excluding hydrogens is 270 g/mol. The number of phenolic OH excluding ortho intramolecular Hbond substituents is 2. The highest BCUT2D eigenvalue weighted by Crippen LogP contribution is 2.27. The Morgan fingerprint density at radius 1 is 1.17 bits per heavy atom. The van der Waals surface area contributed by atoms with Crippen molar-refractivity contribution in [3.05, 3.63) is 45.1 Å². The minimum atomic E-state index is -0.0839. The lowest BCUT2D eigenvalue weighted by atomic mass is 10.2. The molecule has 0 amide bonds. The van der Waals surface area contributed by atoms with Gasteiger partial charge in [0.2, 0.25) is 0 Å². The van der Waals surface area contributed by atoms with Gasteiger partial charge in [-0.2, -0.15) is 0 Å². The highest BCUT2D eigenvalue weighted by molar-refractivity contribution is 7.16. The second kappa shape index (κ2) is 6.09. The second-order valence-corrected chi connectivity index (χ2v) is 5.72. The molecule has 0 aliphatic heterocycles. The Kier molecular flexibility index (Phi) is 4.47. The number of halogens is 1. The molecule has 0 aliphatic carbocycles. The molecule has 0 atom stereocenters. The van der Waals surface area contributed by atoms with E-state index in [9.17, 15) is 10.2 Å². The topological polar surface area (TPSA) is 52.5 Å². The highest BCUT2D eigenvalue weighted by atomic mass is 35.5. The standard InChI is InChI=1S/C13H14ClNO2S/c14-12-5-4-10(18-12)6-7-15-8-9-2-1-3-11(16)13(9)17/h1-5,15-17H,6-8H2. The number of phenols is 2. The Morgan fingerprint density at radius 2 is 2.00 bits per heavy atom. The molecule has 2 rings (SSSR count). The van der Waals surface area contributed by atoms with Crippen LogP contribution in [0.25, 0.3) is 0 Å². The van der Waals surface area contributed by atoms with Crippen molar-refractivity contribution in [3.8, 4) is 11.5 Å². The van der Waals surface area contributed by atoms with Gasteiger partial charge in [0.15, 0.2) is 11.5 Å². The zero-order chi connectivity index (χ0) is 13.0. The normalized spacial score (nSPS) is 10.7. The number of thiophene rings is 1. The average molecular weight is 284 g/mol. The minimum absolute atomic E-state index is 0.0517. The molecule has 18 heavy (non-hydrogen) atoms. The first-order chi connectivity index (χ1) is 8.66. The fourth-order valence-electron chi connectivity index (χ4n) is 1.64. The summed E-state index contributed by atoms with van der Waals surface area (Å²) in [6.07, 6.45) is 0.900. The van der Waals surface area contributed by atoms with Crippen LogP contribution in [0.1, 0.15) is 10.4 Å². The molecule has 0 bridgehead atoms. The number of aromatic hydroxyl groups is 2. The van der Waals surface area contributed by atoms with Gasteiger partial charge >= 0.3 is 0 Å². The van der Waals surface area contributed by atoms with Gasteiger partial charge in [-0.3, -0.25) is 0 Å². The molecule has 0 unspecified atom stereocenters. The van der Waals surface area contributed by atoms with Crippen molar-refractivity contribution in [2.24, 2.45) is 0 Å². The number of para-hydroxylation sites is 1. The summed E-state index contributed by atoms with van der Waals surface area (Å²) in [6, 6.07) is 8.87. The van der Waals surface area contributed by atoms with E-state index in [1.165, 1.54) is 10.9 Å². The van der Waals surface area contributed by atoms with Gasteiger partial charge in [-0.05, 0) is 24.6 Å². The molecule has 1 aromatic carbocycles. The van der Waals surface area contributed by atoms with Crippen LogP contribution >= 0.6 is 22.9 Å². The number of hydrogen-bond acceptors (Lipinski definition) is 4. The summed E-state index contributed by atoms with van der Waals surface area (Å²) >= 11 is 7.42. The molecule has 0 saturated carbocycles. The predicted octanol–water partition coefficient (Wildman–Crippen LogP) is 3.15. The maximum absolute atomic E-state index is 9.61. The first kappa shape index (κ1) is 13.2. The van der Waals surface area contributed by atoms with E-state index >= 15 is 0 Å². The van der Waals surface area contributed by atoms with Crippen molar-refractivity contribution in [2.75, 3.05) is 6.54 Å². The van der Waals surface area contributed by atoms with Gasteiger partial charge in [0, 0.05) is 23.5 Å². The van der Waals surface area contributed by atoms with Gasteiger partial charge in [-0.1, -0.05) is 23.7 Å². The Hall–Kier alpha value is -1.23. The SMILES string of the molecule is Oc1cccc(CNCCc2ccc(Cl)s2)c1O. The number of nitrogens with one attached hydrogen (secondary N) is 1. The van der Waals surface area contributed by atoms with Crippen LogP contribution in [0.15, 0.2) is 30.3 Å². The first-order valence-electron chi connectivity index (χ1n) is 5.61. The third kappa shape index (κ3) is 3.38. The quantitative estimate of drug-likeness (QED) is 0.584. The van der Waals surface area contributed by atoms with E-state index in [0.29, 0.717) is 12.1 Å². The van der Waals surface area contributed by atoms with Crippen molar-refractivity contribution >= 4 is 22.9 Å². The minimum Gasteiger partial charge on any atom is -0.504 e. The van der Waals surface area contributed by atoms with Gasteiger partial charge in [0.25, 0.3) is 0 Å². The molecule has 3 nitrogen and oxygen atoms in total. The average Bonchev–Trinajstić information content (AvgIpc) is 2.76. The molecule has 0 aliphatic rings. The van der Waals surface area contributed by atoms with Gasteiger partial charge in [-0.25, -0.2) is 0 Å². The Bertz CT molecular complexity index is 527. The van der Waals surface area contributed by atoms with E-state index in [-0.39, 0.29) is 11.5 Å². The molecular formula is C13H14ClNO2S. The summed E-state index contributed by atoms with van der Waals surface area (Å²) < 4.78 is 0.802. The molecule has 2 aromatic rings. The molecule has 1 aromatic heterocycles. The predicted molar refractivity (Wildman–Crippen MR) is 74.5 cm³/mol. The second-order valence-electron chi connectivity index (χ2n) is 3.92. The Balaban J connectivity index is 1.80. The maximum Gasteiger partial charge on any atom is 0.161 e. The van der Waals surface area contributed by atoms with Crippen molar-refractivity contribution in [1.29, 1.82) is 0 Å². The van der Waals surface area contributed by atoms with Crippen LogP contribution < -0.4 is 5.32 Å². The van der Waals surface area contributed by atoms with Crippen molar-refractivity contribution < 1.29 is 10.2 Å². The summed E-state index contributed by atoms with van der Waals surface area (Å²) in [7, 11) is 0. The number of rotatable bonds is 5. The molecule has 96 valence electrons. The van der Waals surface area contributed by atoms with Gasteiger partial charge in [-0.15, -0.1) is 11.3 Å². The zero-order valence-corrected chi connectivity index (χ0v) is 11.3. The van der Waals surface area contributed by atoms with Crippen LogP contribution in [-0.4, -0.2) is 16.8 Å². The molecule has 1 heterocycles. The van der Waals surface area contributed by atoms with Gasteiger partial charge in [0.1, 0.15) is 0 Å². The Labute approximate surface area is 115 Å². The van der Waals surface area contributed by atoms with E-state index in [1.807, 2.05) is 12.1 Å². The summed E-state index contributed by atoms with van der Waals surface area (Å²) in [5.74, 6) is -0.136. The van der Waals surface area contributed by atoms with Crippen LogP contribution in [0.5, 0.6) is 11.5 Å². The molecule has 0 fully saturated rings. The summed E-state index contributed by atoms with van der Waals surface area (Å²) in [5.41, 5.74) is 0.694. The summed E-state index contributed by atoms with van der Waals surface area (Å²) in [4.78, 5) is 1.23. The monoisotopic (exact) mass is 283 g/mol. The molecule has 0 saturated heterocycles. The van der Waals surface area contributed by atoms with Gasteiger partial charge in [0.05, 0.1) is 4.34 Å². The lowest BCUT2D eigenvalue weighted by Gasteiger charge is -2.07. The van der Waals surface area contributed by atoms with Crippen LogP contribution in [0.2, 0.25) is 4.34 Å². The Morgan fingerprint density at radius 3 is 2.72 bits per heavy atom. The van der Waals surface area contributed by atoms with E-state index in [0.717, 1.165) is 17.3 Å². The van der Waals surface area contributed by atoms with E-state index in [2.05, 4.69) is 5.32 Å². The molecule has 3 N–H and O–H groups in total. The van der Waals surface area contributed by atoms with E-state index in [1.54, 1.807) is 23.5 Å². The summed E-state index contributed by atoms with van der Waals surface area (Å²) in [6.45, 7) is 1.32.